The van der Waals surface area contributed by atoms with Crippen molar-refractivity contribution < 1.29 is 13.5 Å². The van der Waals surface area contributed by atoms with Crippen molar-refractivity contribution in [1.82, 2.24) is 5.32 Å². The van der Waals surface area contributed by atoms with Crippen molar-refractivity contribution in [3.05, 3.63) is 65.2 Å². The Bertz CT molecular complexity index is 601. The number of halogens is 2. The number of para-hydroxylation sites is 1. The highest BCUT2D eigenvalue weighted by molar-refractivity contribution is 5.33. The summed E-state index contributed by atoms with van der Waals surface area (Å²) < 4.78 is 32.0. The van der Waals surface area contributed by atoms with E-state index < -0.39 is 11.6 Å². The number of methoxy groups -OCH3 is 1. The second-order valence-electron chi connectivity index (χ2n) is 5.01. The molecule has 2 aromatic rings. The lowest BCUT2D eigenvalue weighted by molar-refractivity contribution is 0.405. The molecule has 2 aromatic carbocycles. The first-order valence-corrected chi connectivity index (χ1v) is 6.90. The summed E-state index contributed by atoms with van der Waals surface area (Å²) in [6, 6.07) is 12.1. The Hall–Kier alpha value is -1.94. The summed E-state index contributed by atoms with van der Waals surface area (Å²) in [6.45, 7) is 2.30. The van der Waals surface area contributed by atoms with E-state index in [1.54, 1.807) is 13.2 Å². The maximum atomic E-state index is 13.6. The van der Waals surface area contributed by atoms with E-state index >= 15 is 0 Å². The van der Waals surface area contributed by atoms with E-state index in [1.807, 2.05) is 31.2 Å². The van der Waals surface area contributed by atoms with Gasteiger partial charge in [0, 0.05) is 18.2 Å². The molecule has 2 rings (SSSR count). The largest absolute Gasteiger partial charge is 0.496 e. The van der Waals surface area contributed by atoms with Crippen LogP contribution in [0.5, 0.6) is 5.75 Å². The average Bonchev–Trinajstić information content (AvgIpc) is 2.49. The van der Waals surface area contributed by atoms with Crippen LogP contribution in [0.25, 0.3) is 0 Å². The Morgan fingerprint density at radius 1 is 1.05 bits per heavy atom. The van der Waals surface area contributed by atoms with Crippen LogP contribution in [0.2, 0.25) is 0 Å². The normalized spacial score (nSPS) is 12.2. The van der Waals surface area contributed by atoms with Crippen LogP contribution in [0.1, 0.15) is 18.1 Å². The van der Waals surface area contributed by atoms with E-state index in [4.69, 9.17) is 4.74 Å². The van der Waals surface area contributed by atoms with Gasteiger partial charge in [0.25, 0.3) is 0 Å². The van der Waals surface area contributed by atoms with E-state index in [0.717, 1.165) is 23.8 Å². The topological polar surface area (TPSA) is 21.3 Å². The highest BCUT2D eigenvalue weighted by Crippen LogP contribution is 2.19. The lowest BCUT2D eigenvalue weighted by Crippen LogP contribution is -2.28. The van der Waals surface area contributed by atoms with Crippen molar-refractivity contribution in [3.8, 4) is 5.75 Å². The molecular formula is C17H19F2NO. The summed E-state index contributed by atoms with van der Waals surface area (Å²) in [5, 5.41) is 3.20. The fourth-order valence-corrected chi connectivity index (χ4v) is 2.24. The summed E-state index contributed by atoms with van der Waals surface area (Å²) in [6.07, 6.45) is 0.751. The number of ether oxygens (including phenoxy) is 1. The molecule has 112 valence electrons. The first-order valence-electron chi connectivity index (χ1n) is 6.90. The molecule has 1 atom stereocenters. The molecule has 0 bridgehead atoms. The molecule has 0 saturated heterocycles. The number of rotatable bonds is 6. The third-order valence-corrected chi connectivity index (χ3v) is 3.39. The van der Waals surface area contributed by atoms with Gasteiger partial charge in [-0.15, -0.1) is 0 Å². The first-order chi connectivity index (χ1) is 10.1. The zero-order chi connectivity index (χ0) is 15.2. The number of hydrogen-bond donors (Lipinski definition) is 1. The van der Waals surface area contributed by atoms with Crippen LogP contribution < -0.4 is 10.1 Å². The monoisotopic (exact) mass is 291 g/mol. The fourth-order valence-electron chi connectivity index (χ4n) is 2.24. The van der Waals surface area contributed by atoms with Gasteiger partial charge in [0.05, 0.1) is 7.11 Å². The van der Waals surface area contributed by atoms with Crippen LogP contribution in [0.3, 0.4) is 0 Å². The Labute approximate surface area is 123 Å². The molecule has 1 N–H and O–H groups in total. The Morgan fingerprint density at radius 2 is 1.76 bits per heavy atom. The van der Waals surface area contributed by atoms with Crippen LogP contribution in [-0.4, -0.2) is 13.2 Å². The summed E-state index contributed by atoms with van der Waals surface area (Å²) in [5.74, 6) is -0.760. The van der Waals surface area contributed by atoms with Gasteiger partial charge in [0.15, 0.2) is 11.6 Å². The number of hydrogen-bond acceptors (Lipinski definition) is 2. The maximum absolute atomic E-state index is 13.6. The molecule has 0 spiro atoms. The highest BCUT2D eigenvalue weighted by atomic mass is 19.2. The van der Waals surface area contributed by atoms with Crippen LogP contribution in [0, 0.1) is 11.6 Å². The molecule has 21 heavy (non-hydrogen) atoms. The SMILES string of the molecule is COc1ccccc1CC(C)NCc1cccc(F)c1F. The molecule has 4 heteroatoms. The van der Waals surface area contributed by atoms with Crippen LogP contribution in [0.15, 0.2) is 42.5 Å². The molecule has 0 saturated carbocycles. The van der Waals surface area contributed by atoms with Gasteiger partial charge < -0.3 is 10.1 Å². The maximum Gasteiger partial charge on any atom is 0.163 e. The van der Waals surface area contributed by atoms with Crippen molar-refractivity contribution in [2.24, 2.45) is 0 Å². The minimum atomic E-state index is -0.813. The standard InChI is InChI=1S/C17H19F2NO/c1-12(10-13-6-3-4-9-16(13)21-2)20-11-14-7-5-8-15(18)17(14)19/h3-9,12,20H,10-11H2,1-2H3. The second-order valence-corrected chi connectivity index (χ2v) is 5.01. The Kier molecular flexibility index (Phi) is 5.28. The zero-order valence-corrected chi connectivity index (χ0v) is 12.2. The fraction of sp³-hybridized carbons (Fsp3) is 0.294. The molecule has 0 fully saturated rings. The molecular weight excluding hydrogens is 272 g/mol. The Morgan fingerprint density at radius 3 is 2.52 bits per heavy atom. The van der Waals surface area contributed by atoms with Gasteiger partial charge >= 0.3 is 0 Å². The van der Waals surface area contributed by atoms with Crippen LogP contribution >= 0.6 is 0 Å². The predicted molar refractivity (Wildman–Crippen MR) is 79.4 cm³/mol. The third-order valence-electron chi connectivity index (χ3n) is 3.39. The van der Waals surface area contributed by atoms with E-state index in [-0.39, 0.29) is 6.04 Å². The van der Waals surface area contributed by atoms with Gasteiger partial charge in [-0.05, 0) is 31.0 Å². The van der Waals surface area contributed by atoms with Crippen molar-refractivity contribution >= 4 is 0 Å². The van der Waals surface area contributed by atoms with Crippen molar-refractivity contribution in [2.45, 2.75) is 25.9 Å². The zero-order valence-electron chi connectivity index (χ0n) is 12.2. The van der Waals surface area contributed by atoms with E-state index in [0.29, 0.717) is 12.1 Å². The summed E-state index contributed by atoms with van der Waals surface area (Å²) >= 11 is 0. The Balaban J connectivity index is 1.96. The minimum Gasteiger partial charge on any atom is -0.496 e. The predicted octanol–water partition coefficient (Wildman–Crippen LogP) is 3.69. The van der Waals surface area contributed by atoms with Gasteiger partial charge in [0.2, 0.25) is 0 Å². The van der Waals surface area contributed by atoms with Crippen LogP contribution in [-0.2, 0) is 13.0 Å². The summed E-state index contributed by atoms with van der Waals surface area (Å²) in [5.41, 5.74) is 1.42. The molecule has 0 aliphatic carbocycles. The lowest BCUT2D eigenvalue weighted by Gasteiger charge is -2.16. The van der Waals surface area contributed by atoms with Gasteiger partial charge in [-0.25, -0.2) is 8.78 Å². The van der Waals surface area contributed by atoms with Gasteiger partial charge in [-0.3, -0.25) is 0 Å². The third kappa shape index (κ3) is 4.02. The lowest BCUT2D eigenvalue weighted by atomic mass is 10.1. The van der Waals surface area contributed by atoms with E-state index in [2.05, 4.69) is 5.32 Å². The molecule has 0 aliphatic heterocycles. The number of benzene rings is 2. The summed E-state index contributed by atoms with van der Waals surface area (Å²) in [4.78, 5) is 0. The van der Waals surface area contributed by atoms with E-state index in [9.17, 15) is 8.78 Å². The average molecular weight is 291 g/mol. The minimum absolute atomic E-state index is 0.115. The smallest absolute Gasteiger partial charge is 0.163 e. The molecule has 0 aliphatic rings. The highest BCUT2D eigenvalue weighted by Gasteiger charge is 2.10. The first kappa shape index (κ1) is 15.4. The molecule has 0 amide bonds. The molecule has 0 radical (unpaired) electrons. The molecule has 1 unspecified atom stereocenters. The van der Waals surface area contributed by atoms with Gasteiger partial charge in [-0.2, -0.15) is 0 Å². The van der Waals surface area contributed by atoms with Crippen LogP contribution in [0.4, 0.5) is 8.78 Å². The van der Waals surface area contributed by atoms with Crippen molar-refractivity contribution in [3.63, 3.8) is 0 Å². The van der Waals surface area contributed by atoms with Gasteiger partial charge in [0.1, 0.15) is 5.75 Å². The quantitative estimate of drug-likeness (QED) is 0.876. The molecule has 0 aromatic heterocycles. The second kappa shape index (κ2) is 7.18. The summed E-state index contributed by atoms with van der Waals surface area (Å²) in [7, 11) is 1.64. The molecule has 2 nitrogen and oxygen atoms in total. The molecule has 0 heterocycles. The number of nitrogens with one attached hydrogen (secondary N) is 1. The van der Waals surface area contributed by atoms with E-state index in [1.165, 1.54) is 6.07 Å². The van der Waals surface area contributed by atoms with Crippen molar-refractivity contribution in [1.29, 1.82) is 0 Å². The van der Waals surface area contributed by atoms with Gasteiger partial charge in [-0.1, -0.05) is 30.3 Å². The van der Waals surface area contributed by atoms with Crippen molar-refractivity contribution in [2.75, 3.05) is 7.11 Å².